The number of halogens is 4. The summed E-state index contributed by atoms with van der Waals surface area (Å²) in [5.41, 5.74) is -0.530. The van der Waals surface area contributed by atoms with E-state index in [-0.39, 0.29) is 18.0 Å². The number of hydrogen-bond donors (Lipinski definition) is 1. The molecule has 0 radical (unpaired) electrons. The van der Waals surface area contributed by atoms with Crippen molar-refractivity contribution < 1.29 is 30.8 Å². The molecule has 10 heteroatoms. The lowest BCUT2D eigenvalue weighted by molar-refractivity contribution is -0.118. The van der Waals surface area contributed by atoms with Gasteiger partial charge >= 0.3 is 0 Å². The van der Waals surface area contributed by atoms with Crippen LogP contribution in [0.25, 0.3) is 0 Å². The molecule has 0 unspecified atom stereocenters. The summed E-state index contributed by atoms with van der Waals surface area (Å²) in [6.45, 7) is 3.31. The Morgan fingerprint density at radius 1 is 1.03 bits per heavy atom. The Kier molecular flexibility index (Phi) is 6.07. The van der Waals surface area contributed by atoms with Crippen LogP contribution in [0, 0.1) is 30.2 Å². The van der Waals surface area contributed by atoms with Crippen LogP contribution in [-0.2, 0) is 27.0 Å². The normalized spacial score (nSPS) is 14.1. The highest BCUT2D eigenvalue weighted by Crippen LogP contribution is 2.31. The third kappa shape index (κ3) is 4.14. The number of anilines is 2. The highest BCUT2D eigenvalue weighted by Gasteiger charge is 2.28. The third-order valence-corrected chi connectivity index (χ3v) is 6.12. The predicted octanol–water partition coefficient (Wildman–Crippen LogP) is 4.18. The van der Waals surface area contributed by atoms with E-state index in [1.807, 2.05) is 6.92 Å². The number of rotatable bonds is 6. The number of sulfonamides is 1. The van der Waals surface area contributed by atoms with Gasteiger partial charge in [0.15, 0.2) is 23.3 Å². The Morgan fingerprint density at radius 2 is 1.67 bits per heavy atom. The van der Waals surface area contributed by atoms with Crippen molar-refractivity contribution in [1.82, 2.24) is 0 Å². The molecule has 0 fully saturated rings. The number of amides is 1. The van der Waals surface area contributed by atoms with E-state index in [1.54, 1.807) is 11.0 Å². The number of nitrogens with one attached hydrogen (secondary N) is 1. The van der Waals surface area contributed by atoms with Gasteiger partial charge in [-0.1, -0.05) is 6.92 Å². The fraction of sp³-hybridized carbons (Fsp3) is 0.350. The smallest absolute Gasteiger partial charge is 0.237 e. The topological polar surface area (TPSA) is 66.5 Å². The summed E-state index contributed by atoms with van der Waals surface area (Å²) < 4.78 is 82.5. The lowest BCUT2D eigenvalue weighted by atomic mass is 10.0. The minimum atomic E-state index is -4.38. The number of carbonyl (C=O) groups is 1. The number of carbonyl (C=O) groups excluding carboxylic acids is 1. The fourth-order valence-electron chi connectivity index (χ4n) is 3.41. The van der Waals surface area contributed by atoms with Gasteiger partial charge in [0, 0.05) is 35.5 Å². The van der Waals surface area contributed by atoms with Gasteiger partial charge in [-0.15, -0.1) is 0 Å². The van der Waals surface area contributed by atoms with E-state index in [9.17, 15) is 30.8 Å². The first-order valence-electron chi connectivity index (χ1n) is 9.31. The second-order valence-electron chi connectivity index (χ2n) is 7.11. The predicted molar refractivity (Wildman–Crippen MR) is 105 cm³/mol. The van der Waals surface area contributed by atoms with Gasteiger partial charge in [-0.2, -0.15) is 0 Å². The molecule has 1 heterocycles. The molecule has 3 rings (SSSR count). The lowest BCUT2D eigenvalue weighted by Crippen LogP contribution is -2.35. The van der Waals surface area contributed by atoms with E-state index >= 15 is 0 Å². The molecule has 30 heavy (non-hydrogen) atoms. The van der Waals surface area contributed by atoms with Crippen LogP contribution in [0.15, 0.2) is 18.2 Å². The van der Waals surface area contributed by atoms with Crippen LogP contribution in [0.3, 0.4) is 0 Å². The van der Waals surface area contributed by atoms with E-state index in [1.165, 1.54) is 12.1 Å². The van der Waals surface area contributed by atoms with E-state index in [0.717, 1.165) is 18.9 Å². The van der Waals surface area contributed by atoms with Crippen LogP contribution in [0.5, 0.6) is 0 Å². The fourth-order valence-corrected chi connectivity index (χ4v) is 4.60. The van der Waals surface area contributed by atoms with Crippen molar-refractivity contribution in [2.24, 2.45) is 0 Å². The zero-order valence-electron chi connectivity index (χ0n) is 16.4. The van der Waals surface area contributed by atoms with Gasteiger partial charge in [0.1, 0.15) is 5.75 Å². The van der Waals surface area contributed by atoms with Crippen molar-refractivity contribution in [3.05, 3.63) is 58.2 Å². The van der Waals surface area contributed by atoms with Crippen molar-refractivity contribution in [3.63, 3.8) is 0 Å². The molecule has 0 saturated carbocycles. The van der Waals surface area contributed by atoms with Crippen molar-refractivity contribution in [2.45, 2.75) is 38.9 Å². The van der Waals surface area contributed by atoms with E-state index in [0.29, 0.717) is 18.7 Å². The van der Waals surface area contributed by atoms with Crippen LogP contribution in [-0.4, -0.2) is 20.9 Å². The maximum Gasteiger partial charge on any atom is 0.237 e. The van der Waals surface area contributed by atoms with Crippen LogP contribution < -0.4 is 9.62 Å². The van der Waals surface area contributed by atoms with Crippen molar-refractivity contribution in [1.29, 1.82) is 0 Å². The van der Waals surface area contributed by atoms with Gasteiger partial charge in [0.25, 0.3) is 0 Å². The summed E-state index contributed by atoms with van der Waals surface area (Å²) in [7, 11) is -4.38. The van der Waals surface area contributed by atoms with E-state index in [4.69, 9.17) is 0 Å². The molecule has 2 aromatic carbocycles. The average Bonchev–Trinajstić information content (AvgIpc) is 2.70. The molecule has 0 spiro atoms. The van der Waals surface area contributed by atoms with Gasteiger partial charge < -0.3 is 4.90 Å². The Bertz CT molecular complexity index is 1090. The maximum absolute atomic E-state index is 14.0. The minimum Gasteiger partial charge on any atom is -0.312 e. The molecule has 0 saturated heterocycles. The molecular formula is C20H20F4N2O3S. The molecule has 0 aromatic heterocycles. The Balaban J connectivity index is 1.88. The highest BCUT2D eigenvalue weighted by atomic mass is 32.2. The summed E-state index contributed by atoms with van der Waals surface area (Å²) in [6, 6.07) is 4.54. The molecule has 1 aliphatic heterocycles. The lowest BCUT2D eigenvalue weighted by Gasteiger charge is -2.29. The molecule has 0 bridgehead atoms. The van der Waals surface area contributed by atoms with Gasteiger partial charge in [0.05, 0.1) is 0 Å². The minimum absolute atomic E-state index is 0.0212. The standard InChI is InChI=1S/C20H20F4N2O3S/c1-3-8-26-15-6-5-13(9-12(15)4-7-16(26)27)25-30(28,29)10-14-19(23)17(21)11(2)18(22)20(14)24/h5-6,9,25H,3-4,7-8,10H2,1-2H3. The molecule has 0 atom stereocenters. The maximum atomic E-state index is 14.0. The zero-order valence-corrected chi connectivity index (χ0v) is 17.2. The number of fused-ring (bicyclic) bond motifs is 1. The summed E-state index contributed by atoms with van der Waals surface area (Å²) in [4.78, 5) is 13.7. The van der Waals surface area contributed by atoms with Gasteiger partial charge in [-0.25, -0.2) is 26.0 Å². The van der Waals surface area contributed by atoms with Crippen LogP contribution in [0.4, 0.5) is 28.9 Å². The Morgan fingerprint density at radius 3 is 2.27 bits per heavy atom. The molecule has 5 nitrogen and oxygen atoms in total. The van der Waals surface area contributed by atoms with Crippen LogP contribution in [0.1, 0.15) is 36.5 Å². The van der Waals surface area contributed by atoms with Crippen LogP contribution in [0.2, 0.25) is 0 Å². The molecule has 1 amide bonds. The first-order valence-corrected chi connectivity index (χ1v) is 11.0. The molecule has 1 aliphatic rings. The summed E-state index contributed by atoms with van der Waals surface area (Å²) in [5.74, 6) is -8.04. The number of hydrogen-bond acceptors (Lipinski definition) is 3. The van der Waals surface area contributed by atoms with Crippen molar-refractivity contribution in [3.8, 4) is 0 Å². The van der Waals surface area contributed by atoms with E-state index in [2.05, 4.69) is 4.72 Å². The zero-order chi connectivity index (χ0) is 22.2. The first-order chi connectivity index (χ1) is 14.1. The second kappa shape index (κ2) is 8.25. The largest absolute Gasteiger partial charge is 0.312 e. The second-order valence-corrected chi connectivity index (χ2v) is 8.83. The SMILES string of the molecule is CCCN1C(=O)CCc2cc(NS(=O)(=O)Cc3c(F)c(F)c(C)c(F)c3F)ccc21. The first kappa shape index (κ1) is 22.1. The average molecular weight is 444 g/mol. The summed E-state index contributed by atoms with van der Waals surface area (Å²) in [6.07, 6.45) is 1.45. The molecular weight excluding hydrogens is 424 g/mol. The highest BCUT2D eigenvalue weighted by molar-refractivity contribution is 7.91. The Hall–Kier alpha value is -2.62. The molecule has 1 N–H and O–H groups in total. The van der Waals surface area contributed by atoms with Crippen molar-refractivity contribution >= 4 is 27.3 Å². The van der Waals surface area contributed by atoms with Crippen molar-refractivity contribution in [2.75, 3.05) is 16.2 Å². The Labute approximate surface area is 171 Å². The van der Waals surface area contributed by atoms with Crippen LogP contribution >= 0.6 is 0 Å². The number of aryl methyl sites for hydroxylation is 1. The summed E-state index contributed by atoms with van der Waals surface area (Å²) in [5, 5.41) is 0. The number of nitrogens with zero attached hydrogens (tertiary/aromatic N) is 1. The molecule has 2 aromatic rings. The van der Waals surface area contributed by atoms with Gasteiger partial charge in [0.2, 0.25) is 15.9 Å². The third-order valence-electron chi connectivity index (χ3n) is 4.91. The molecule has 0 aliphatic carbocycles. The van der Waals surface area contributed by atoms with E-state index < -0.39 is 50.2 Å². The monoisotopic (exact) mass is 444 g/mol. The number of benzene rings is 2. The molecule has 162 valence electrons. The quantitative estimate of drug-likeness (QED) is 0.537. The van der Waals surface area contributed by atoms with Gasteiger partial charge in [-0.05, 0) is 43.5 Å². The summed E-state index contributed by atoms with van der Waals surface area (Å²) >= 11 is 0. The van der Waals surface area contributed by atoms with Gasteiger partial charge in [-0.3, -0.25) is 9.52 Å².